The molecule has 194 valence electrons. The standard InChI is InChI=1S/C26H28N4O7/c1-15-12-16(13-21-22(15)28-24(32)36-21)6-7-18-14-19(9-11-30(18)25(33)37-26(34)35)29-10-8-17-4-2-3-5-20(17)27-23(29)31/h2-5,12-13,18-19H,6-11,14H2,1H3,(H,27,31)(H,28,32)(H,34,35)/t18-,19-/m1/s1. The molecule has 2 atom stereocenters. The summed E-state index contributed by atoms with van der Waals surface area (Å²) in [7, 11) is 0. The van der Waals surface area contributed by atoms with Gasteiger partial charge in [0.2, 0.25) is 0 Å². The van der Waals surface area contributed by atoms with E-state index in [0.29, 0.717) is 49.7 Å². The first kappa shape index (κ1) is 24.4. The van der Waals surface area contributed by atoms with E-state index in [0.717, 1.165) is 22.4 Å². The fourth-order valence-corrected chi connectivity index (χ4v) is 5.47. The number of carbonyl (C=O) groups excluding carboxylic acids is 2. The molecule has 1 aromatic heterocycles. The number of hydrogen-bond donors (Lipinski definition) is 3. The number of para-hydroxylation sites is 1. The topological polar surface area (TPSA) is 145 Å². The second-order valence-electron chi connectivity index (χ2n) is 9.53. The Labute approximate surface area is 212 Å². The molecule has 2 aliphatic heterocycles. The maximum atomic E-state index is 13.1. The number of oxazole rings is 1. The summed E-state index contributed by atoms with van der Waals surface area (Å²) in [5.41, 5.74) is 4.76. The quantitative estimate of drug-likeness (QED) is 0.355. The highest BCUT2D eigenvalue weighted by Gasteiger charge is 2.37. The van der Waals surface area contributed by atoms with Crippen molar-refractivity contribution in [2.24, 2.45) is 0 Å². The van der Waals surface area contributed by atoms with E-state index in [-0.39, 0.29) is 24.7 Å². The summed E-state index contributed by atoms with van der Waals surface area (Å²) in [5.74, 6) is -0.522. The summed E-state index contributed by atoms with van der Waals surface area (Å²) in [4.78, 5) is 54.2. The fraction of sp³-hybridized carbons (Fsp3) is 0.385. The minimum atomic E-state index is -1.65. The summed E-state index contributed by atoms with van der Waals surface area (Å²) >= 11 is 0. The van der Waals surface area contributed by atoms with Crippen LogP contribution in [0.5, 0.6) is 0 Å². The lowest BCUT2D eigenvalue weighted by Crippen LogP contribution is -2.54. The van der Waals surface area contributed by atoms with Crippen LogP contribution in [-0.4, -0.2) is 63.3 Å². The van der Waals surface area contributed by atoms with Crippen LogP contribution in [0.4, 0.5) is 20.1 Å². The zero-order valence-electron chi connectivity index (χ0n) is 20.4. The number of carboxylic acid groups (broad SMARTS) is 1. The van der Waals surface area contributed by atoms with Crippen molar-refractivity contribution in [3.8, 4) is 0 Å². The van der Waals surface area contributed by atoms with Crippen molar-refractivity contribution in [2.75, 3.05) is 18.4 Å². The first-order valence-corrected chi connectivity index (χ1v) is 12.3. The number of piperidine rings is 1. The van der Waals surface area contributed by atoms with Crippen LogP contribution in [0, 0.1) is 6.92 Å². The van der Waals surface area contributed by atoms with Crippen LogP contribution in [0.1, 0.15) is 36.0 Å². The van der Waals surface area contributed by atoms with Crippen molar-refractivity contribution in [3.05, 3.63) is 63.6 Å². The first-order valence-electron chi connectivity index (χ1n) is 12.3. The summed E-state index contributed by atoms with van der Waals surface area (Å²) in [5, 5.41) is 12.0. The molecule has 3 heterocycles. The number of nitrogens with zero attached hydrogens (tertiary/aromatic N) is 2. The molecule has 11 nitrogen and oxygen atoms in total. The molecule has 0 saturated carbocycles. The third-order valence-corrected chi connectivity index (χ3v) is 7.24. The zero-order valence-corrected chi connectivity index (χ0v) is 20.4. The Balaban J connectivity index is 1.34. The molecule has 1 saturated heterocycles. The van der Waals surface area contributed by atoms with Crippen LogP contribution in [0.15, 0.2) is 45.6 Å². The summed E-state index contributed by atoms with van der Waals surface area (Å²) in [6, 6.07) is 10.8. The van der Waals surface area contributed by atoms with Gasteiger partial charge in [0.05, 0.1) is 5.52 Å². The first-order chi connectivity index (χ1) is 17.8. The van der Waals surface area contributed by atoms with Crippen LogP contribution < -0.4 is 11.1 Å². The van der Waals surface area contributed by atoms with Crippen LogP contribution >= 0.6 is 0 Å². The number of H-pyrrole nitrogens is 1. The lowest BCUT2D eigenvalue weighted by atomic mass is 9.91. The van der Waals surface area contributed by atoms with Gasteiger partial charge < -0.3 is 29.4 Å². The molecule has 37 heavy (non-hydrogen) atoms. The predicted molar refractivity (Wildman–Crippen MR) is 134 cm³/mol. The average molecular weight is 509 g/mol. The van der Waals surface area contributed by atoms with Crippen molar-refractivity contribution >= 4 is 35.1 Å². The number of likely N-dealkylation sites (tertiary alicyclic amines) is 1. The fourth-order valence-electron chi connectivity index (χ4n) is 5.47. The van der Waals surface area contributed by atoms with Gasteiger partial charge in [-0.15, -0.1) is 0 Å². The van der Waals surface area contributed by atoms with Crippen LogP contribution in [-0.2, 0) is 17.6 Å². The van der Waals surface area contributed by atoms with Gasteiger partial charge in [0, 0.05) is 30.9 Å². The van der Waals surface area contributed by atoms with Gasteiger partial charge >= 0.3 is 24.0 Å². The predicted octanol–water partition coefficient (Wildman–Crippen LogP) is 4.10. The maximum Gasteiger partial charge on any atom is 0.514 e. The van der Waals surface area contributed by atoms with Gasteiger partial charge in [0.1, 0.15) is 0 Å². The number of carbonyl (C=O) groups is 3. The van der Waals surface area contributed by atoms with Crippen molar-refractivity contribution in [1.82, 2.24) is 14.8 Å². The molecule has 1 fully saturated rings. The molecule has 2 aromatic carbocycles. The highest BCUT2D eigenvalue weighted by Crippen LogP contribution is 2.29. The minimum Gasteiger partial charge on any atom is -0.449 e. The molecule has 0 aliphatic carbocycles. The average Bonchev–Trinajstić information content (AvgIpc) is 3.15. The number of hydrogen-bond acceptors (Lipinski definition) is 6. The van der Waals surface area contributed by atoms with Gasteiger partial charge in [-0.05, 0) is 67.9 Å². The SMILES string of the molecule is Cc1cc(CC[C@@H]2C[C@H](N3CCc4ccccc4NC3=O)CCN2C(=O)OC(=O)O)cc2oc(=O)[nH]c12. The van der Waals surface area contributed by atoms with Crippen molar-refractivity contribution in [2.45, 2.75) is 51.1 Å². The number of nitrogens with one attached hydrogen (secondary N) is 2. The molecule has 2 aliphatic rings. The van der Waals surface area contributed by atoms with Gasteiger partial charge in [-0.25, -0.2) is 19.2 Å². The molecule has 0 bridgehead atoms. The number of fused-ring (bicyclic) bond motifs is 2. The van der Waals surface area contributed by atoms with Gasteiger partial charge in [-0.2, -0.15) is 0 Å². The Bertz CT molecular complexity index is 1410. The molecule has 0 radical (unpaired) electrons. The molecule has 3 N–H and O–H groups in total. The second-order valence-corrected chi connectivity index (χ2v) is 9.53. The van der Waals surface area contributed by atoms with Gasteiger partial charge in [0.15, 0.2) is 5.58 Å². The Morgan fingerprint density at radius 2 is 2.00 bits per heavy atom. The summed E-state index contributed by atoms with van der Waals surface area (Å²) in [6.45, 7) is 2.69. The molecule has 0 unspecified atom stereocenters. The van der Waals surface area contributed by atoms with Crippen molar-refractivity contribution in [1.29, 1.82) is 0 Å². The van der Waals surface area contributed by atoms with E-state index in [1.165, 1.54) is 4.90 Å². The summed E-state index contributed by atoms with van der Waals surface area (Å²) in [6.07, 6.45) is 0.208. The lowest BCUT2D eigenvalue weighted by Gasteiger charge is -2.42. The Morgan fingerprint density at radius 3 is 2.81 bits per heavy atom. The zero-order chi connectivity index (χ0) is 26.1. The molecule has 0 spiro atoms. The molecule has 3 amide bonds. The van der Waals surface area contributed by atoms with E-state index in [4.69, 9.17) is 9.52 Å². The normalized spacial score (nSPS) is 19.8. The molecular formula is C26H28N4O7. The number of anilines is 1. The van der Waals surface area contributed by atoms with E-state index in [2.05, 4.69) is 15.0 Å². The Morgan fingerprint density at radius 1 is 1.19 bits per heavy atom. The van der Waals surface area contributed by atoms with Gasteiger partial charge in [0.25, 0.3) is 0 Å². The number of rotatable bonds is 4. The third kappa shape index (κ3) is 5.16. The van der Waals surface area contributed by atoms with E-state index >= 15 is 0 Å². The van der Waals surface area contributed by atoms with Gasteiger partial charge in [-0.3, -0.25) is 4.98 Å². The van der Waals surface area contributed by atoms with E-state index in [9.17, 15) is 19.2 Å². The highest BCUT2D eigenvalue weighted by atomic mass is 16.7. The summed E-state index contributed by atoms with van der Waals surface area (Å²) < 4.78 is 9.69. The largest absolute Gasteiger partial charge is 0.514 e. The van der Waals surface area contributed by atoms with Crippen molar-refractivity contribution in [3.63, 3.8) is 0 Å². The molecule has 5 rings (SSSR count). The Hall–Kier alpha value is -4.28. The van der Waals surface area contributed by atoms with Crippen LogP contribution in [0.25, 0.3) is 11.1 Å². The van der Waals surface area contributed by atoms with Crippen LogP contribution in [0.3, 0.4) is 0 Å². The number of benzene rings is 2. The maximum absolute atomic E-state index is 13.1. The van der Waals surface area contributed by atoms with E-state index in [1.807, 2.05) is 42.2 Å². The smallest absolute Gasteiger partial charge is 0.449 e. The lowest BCUT2D eigenvalue weighted by molar-refractivity contribution is 0.0506. The van der Waals surface area contributed by atoms with Crippen LogP contribution in [0.2, 0.25) is 0 Å². The number of urea groups is 1. The Kier molecular flexibility index (Phi) is 6.60. The number of aryl methyl sites for hydroxylation is 2. The van der Waals surface area contributed by atoms with E-state index < -0.39 is 18.0 Å². The van der Waals surface area contributed by atoms with Crippen molar-refractivity contribution < 1.29 is 28.6 Å². The number of ether oxygens (including phenoxy) is 1. The molecular weight excluding hydrogens is 480 g/mol. The third-order valence-electron chi connectivity index (χ3n) is 7.24. The van der Waals surface area contributed by atoms with Gasteiger partial charge in [-0.1, -0.05) is 24.3 Å². The second kappa shape index (κ2) is 10.00. The number of aromatic nitrogens is 1. The highest BCUT2D eigenvalue weighted by molar-refractivity contribution is 5.91. The molecule has 11 heteroatoms. The number of aromatic amines is 1. The molecule has 3 aromatic rings. The monoisotopic (exact) mass is 508 g/mol. The number of amides is 3. The minimum absolute atomic E-state index is 0.125. The van der Waals surface area contributed by atoms with E-state index in [1.54, 1.807) is 6.07 Å².